The van der Waals surface area contributed by atoms with E-state index in [1.807, 2.05) is 31.4 Å². The Kier molecular flexibility index (Phi) is 5.43. The van der Waals surface area contributed by atoms with Gasteiger partial charge in [-0.3, -0.25) is 4.79 Å². The number of thiazole rings is 1. The van der Waals surface area contributed by atoms with Gasteiger partial charge < -0.3 is 5.32 Å². The Morgan fingerprint density at radius 3 is 2.44 bits per heavy atom. The van der Waals surface area contributed by atoms with Crippen molar-refractivity contribution in [3.05, 3.63) is 64.5 Å². The van der Waals surface area contributed by atoms with Gasteiger partial charge in [0.2, 0.25) is 5.91 Å². The summed E-state index contributed by atoms with van der Waals surface area (Å²) >= 11 is 1.38. The highest BCUT2D eigenvalue weighted by Gasteiger charge is 2.11. The number of anilines is 1. The second kappa shape index (κ2) is 7.62. The lowest BCUT2D eigenvalue weighted by Gasteiger charge is -2.04. The van der Waals surface area contributed by atoms with Crippen molar-refractivity contribution < 1.29 is 13.2 Å². The average molecular weight is 401 g/mol. The Hall–Kier alpha value is -2.51. The number of carbonyl (C=O) groups is 1. The van der Waals surface area contributed by atoms with E-state index < -0.39 is 9.84 Å². The lowest BCUT2D eigenvalue weighted by Crippen LogP contribution is -2.14. The van der Waals surface area contributed by atoms with Gasteiger partial charge in [0, 0.05) is 17.2 Å². The molecule has 0 aliphatic rings. The number of nitrogens with zero attached hydrogens (tertiary/aromatic N) is 1. The van der Waals surface area contributed by atoms with E-state index in [2.05, 4.69) is 16.4 Å². The van der Waals surface area contributed by atoms with Crippen molar-refractivity contribution in [1.29, 1.82) is 0 Å². The third kappa shape index (κ3) is 4.81. The SMILES string of the molecule is Cc1ccc(-c2csc(NC(=O)Cc3ccc(S(C)(=O)=O)cc3)n2)c(C)c1. The summed E-state index contributed by atoms with van der Waals surface area (Å²) in [5.74, 6) is -0.191. The van der Waals surface area contributed by atoms with Crippen LogP contribution in [0.1, 0.15) is 16.7 Å². The van der Waals surface area contributed by atoms with E-state index in [1.165, 1.54) is 29.0 Å². The van der Waals surface area contributed by atoms with Crippen molar-refractivity contribution >= 4 is 32.2 Å². The first-order valence-electron chi connectivity index (χ1n) is 8.34. The van der Waals surface area contributed by atoms with Crippen LogP contribution in [0.2, 0.25) is 0 Å². The third-order valence-corrected chi connectivity index (χ3v) is 6.01. The molecule has 7 heteroatoms. The second-order valence-corrected chi connectivity index (χ2v) is 9.37. The molecule has 0 aliphatic heterocycles. The molecule has 0 fully saturated rings. The summed E-state index contributed by atoms with van der Waals surface area (Å²) in [7, 11) is -3.24. The van der Waals surface area contributed by atoms with Gasteiger partial charge in [0.1, 0.15) is 0 Å². The zero-order valence-electron chi connectivity index (χ0n) is 15.3. The Labute approximate surface area is 163 Å². The largest absolute Gasteiger partial charge is 0.302 e. The Morgan fingerprint density at radius 1 is 1.11 bits per heavy atom. The summed E-state index contributed by atoms with van der Waals surface area (Å²) in [6.45, 7) is 4.09. The summed E-state index contributed by atoms with van der Waals surface area (Å²) in [6, 6.07) is 12.5. The molecule has 0 saturated heterocycles. The Bertz CT molecular complexity index is 1080. The van der Waals surface area contributed by atoms with Crippen molar-refractivity contribution in [3.8, 4) is 11.3 Å². The molecule has 27 heavy (non-hydrogen) atoms. The number of carbonyl (C=O) groups excluding carboxylic acids is 1. The van der Waals surface area contributed by atoms with E-state index in [4.69, 9.17) is 0 Å². The number of amides is 1. The molecule has 1 N–H and O–H groups in total. The predicted octanol–water partition coefficient (Wildman–Crippen LogP) is 4.01. The smallest absolute Gasteiger partial charge is 0.230 e. The fraction of sp³-hybridized carbons (Fsp3) is 0.200. The summed E-state index contributed by atoms with van der Waals surface area (Å²) in [6.07, 6.45) is 1.31. The maximum atomic E-state index is 12.3. The van der Waals surface area contributed by atoms with Gasteiger partial charge in [-0.05, 0) is 37.1 Å². The van der Waals surface area contributed by atoms with Gasteiger partial charge >= 0.3 is 0 Å². The van der Waals surface area contributed by atoms with Crippen LogP contribution < -0.4 is 5.32 Å². The summed E-state index contributed by atoms with van der Waals surface area (Å²) in [5, 5.41) is 5.28. The number of sulfone groups is 1. The zero-order valence-corrected chi connectivity index (χ0v) is 16.9. The molecule has 0 unspecified atom stereocenters. The molecule has 0 saturated carbocycles. The lowest BCUT2D eigenvalue weighted by atomic mass is 10.0. The molecular weight excluding hydrogens is 380 g/mol. The van der Waals surface area contributed by atoms with E-state index in [0.29, 0.717) is 5.13 Å². The van der Waals surface area contributed by atoms with Crippen molar-refractivity contribution in [3.63, 3.8) is 0 Å². The highest BCUT2D eigenvalue weighted by Crippen LogP contribution is 2.28. The fourth-order valence-corrected chi connectivity index (χ4v) is 4.12. The molecule has 3 rings (SSSR count). The molecule has 0 atom stereocenters. The van der Waals surface area contributed by atoms with Crippen molar-refractivity contribution in [1.82, 2.24) is 4.98 Å². The lowest BCUT2D eigenvalue weighted by molar-refractivity contribution is -0.115. The van der Waals surface area contributed by atoms with Crippen LogP contribution in [-0.2, 0) is 21.1 Å². The van der Waals surface area contributed by atoms with Crippen LogP contribution in [-0.4, -0.2) is 25.6 Å². The Morgan fingerprint density at radius 2 is 1.81 bits per heavy atom. The topological polar surface area (TPSA) is 76.1 Å². The first-order chi connectivity index (χ1) is 12.7. The van der Waals surface area contributed by atoms with Crippen molar-refractivity contribution in [2.24, 2.45) is 0 Å². The molecule has 1 amide bonds. The molecule has 2 aromatic carbocycles. The molecule has 1 heterocycles. The highest BCUT2D eigenvalue weighted by atomic mass is 32.2. The molecule has 5 nitrogen and oxygen atoms in total. The Balaban J connectivity index is 1.67. The average Bonchev–Trinajstić information content (AvgIpc) is 3.02. The minimum atomic E-state index is -3.24. The van der Waals surface area contributed by atoms with Crippen molar-refractivity contribution in [2.45, 2.75) is 25.2 Å². The molecule has 0 bridgehead atoms. The van der Waals surface area contributed by atoms with Crippen LogP contribution in [0.5, 0.6) is 0 Å². The minimum Gasteiger partial charge on any atom is -0.302 e. The first kappa shape index (κ1) is 19.3. The summed E-state index contributed by atoms with van der Waals surface area (Å²) in [4.78, 5) is 17.0. The number of hydrogen-bond donors (Lipinski definition) is 1. The second-order valence-electron chi connectivity index (χ2n) is 6.50. The maximum absolute atomic E-state index is 12.3. The van der Waals surface area contributed by atoms with Crippen LogP contribution in [0.3, 0.4) is 0 Å². The minimum absolute atomic E-state index is 0.155. The molecule has 0 aliphatic carbocycles. The van der Waals surface area contributed by atoms with Crippen molar-refractivity contribution in [2.75, 3.05) is 11.6 Å². The van der Waals surface area contributed by atoms with Crippen LogP contribution in [0.25, 0.3) is 11.3 Å². The molecule has 140 valence electrons. The van der Waals surface area contributed by atoms with E-state index in [1.54, 1.807) is 12.1 Å². The summed E-state index contributed by atoms with van der Waals surface area (Å²) in [5.41, 5.74) is 4.97. The number of hydrogen-bond acceptors (Lipinski definition) is 5. The first-order valence-corrected chi connectivity index (χ1v) is 11.1. The number of nitrogens with one attached hydrogen (secondary N) is 1. The summed E-state index contributed by atoms with van der Waals surface area (Å²) < 4.78 is 23.0. The molecule has 0 radical (unpaired) electrons. The number of rotatable bonds is 5. The molecular formula is C20H20N2O3S2. The van der Waals surface area contributed by atoms with E-state index >= 15 is 0 Å². The van der Waals surface area contributed by atoms with Crippen LogP contribution >= 0.6 is 11.3 Å². The van der Waals surface area contributed by atoms with Gasteiger partial charge in [-0.15, -0.1) is 11.3 Å². The van der Waals surface area contributed by atoms with Gasteiger partial charge in [-0.25, -0.2) is 13.4 Å². The fourth-order valence-electron chi connectivity index (χ4n) is 2.76. The number of aromatic nitrogens is 1. The highest BCUT2D eigenvalue weighted by molar-refractivity contribution is 7.90. The van der Waals surface area contributed by atoms with Gasteiger partial charge in [0.25, 0.3) is 0 Å². The standard InChI is InChI=1S/C20H20N2O3S2/c1-13-4-9-17(14(2)10-13)18-12-26-20(21-18)22-19(23)11-15-5-7-16(8-6-15)27(3,24)25/h4-10,12H,11H2,1-3H3,(H,21,22,23). The third-order valence-electron chi connectivity index (χ3n) is 4.12. The monoisotopic (exact) mass is 400 g/mol. The van der Waals surface area contributed by atoms with Crippen LogP contribution in [0.4, 0.5) is 5.13 Å². The van der Waals surface area contributed by atoms with E-state index in [-0.39, 0.29) is 17.2 Å². The number of aryl methyl sites for hydroxylation is 2. The number of benzene rings is 2. The molecule has 0 spiro atoms. The normalized spacial score (nSPS) is 11.4. The van der Waals surface area contributed by atoms with Gasteiger partial charge in [0.15, 0.2) is 15.0 Å². The molecule has 1 aromatic heterocycles. The molecule has 3 aromatic rings. The predicted molar refractivity (Wildman–Crippen MR) is 109 cm³/mol. The zero-order chi connectivity index (χ0) is 19.6. The quantitative estimate of drug-likeness (QED) is 0.702. The van der Waals surface area contributed by atoms with Crippen LogP contribution in [0.15, 0.2) is 52.7 Å². The van der Waals surface area contributed by atoms with Gasteiger partial charge in [-0.1, -0.05) is 35.9 Å². The maximum Gasteiger partial charge on any atom is 0.230 e. The van der Waals surface area contributed by atoms with Gasteiger partial charge in [0.05, 0.1) is 17.0 Å². The van der Waals surface area contributed by atoms with Gasteiger partial charge in [-0.2, -0.15) is 0 Å². The van der Waals surface area contributed by atoms with E-state index in [9.17, 15) is 13.2 Å². The van der Waals surface area contributed by atoms with Crippen LogP contribution in [0, 0.1) is 13.8 Å². The van der Waals surface area contributed by atoms with E-state index in [0.717, 1.165) is 28.6 Å².